The highest BCUT2D eigenvalue weighted by atomic mass is 16.4. The average Bonchev–Trinajstić information content (AvgIpc) is 2.71. The molecule has 26 heavy (non-hydrogen) atoms. The number of benzene rings is 2. The first-order chi connectivity index (χ1) is 12.3. The van der Waals surface area contributed by atoms with Gasteiger partial charge in [-0.15, -0.1) is 0 Å². The summed E-state index contributed by atoms with van der Waals surface area (Å²) in [5.74, 6) is -0.808. The zero-order valence-electron chi connectivity index (χ0n) is 15.1. The number of fused-ring (bicyclic) bond motifs is 5. The van der Waals surface area contributed by atoms with E-state index >= 15 is 0 Å². The molecule has 2 aromatic rings. The quantitative estimate of drug-likeness (QED) is 0.734. The lowest BCUT2D eigenvalue weighted by molar-refractivity contribution is 0.0689. The molecule has 0 bridgehead atoms. The van der Waals surface area contributed by atoms with Crippen LogP contribution in [-0.2, 0) is 12.8 Å². The molecular weight excluding hydrogens is 328 g/mol. The van der Waals surface area contributed by atoms with Crippen molar-refractivity contribution in [1.82, 2.24) is 4.90 Å². The summed E-state index contributed by atoms with van der Waals surface area (Å²) in [6.07, 6.45) is 2.18. The van der Waals surface area contributed by atoms with Crippen molar-refractivity contribution in [3.63, 3.8) is 0 Å². The van der Waals surface area contributed by atoms with Gasteiger partial charge in [-0.05, 0) is 73.2 Å². The Kier molecular flexibility index (Phi) is 3.82. The molecule has 0 aromatic heterocycles. The molecule has 5 heteroatoms. The Morgan fingerprint density at radius 3 is 2.77 bits per heavy atom. The second-order valence-electron chi connectivity index (χ2n) is 7.61. The maximum atomic E-state index is 11.7. The number of aryl methyl sites for hydroxylation is 1. The van der Waals surface area contributed by atoms with Gasteiger partial charge in [0.25, 0.3) is 0 Å². The molecule has 1 unspecified atom stereocenters. The van der Waals surface area contributed by atoms with Gasteiger partial charge in [-0.3, -0.25) is 4.90 Å². The monoisotopic (exact) mass is 352 g/mol. The van der Waals surface area contributed by atoms with Crippen LogP contribution in [0.15, 0.2) is 30.3 Å². The van der Waals surface area contributed by atoms with E-state index in [0.717, 1.165) is 35.2 Å². The third-order valence-electron chi connectivity index (χ3n) is 6.23. The van der Waals surface area contributed by atoms with Gasteiger partial charge in [-0.1, -0.05) is 18.2 Å². The van der Waals surface area contributed by atoms with Gasteiger partial charge in [0.05, 0.1) is 11.2 Å². The Hall–Kier alpha value is -2.37. The number of carbonyl (C=O) groups is 1. The maximum Gasteiger partial charge on any atom is 0.335 e. The number of hydrogen-bond donors (Lipinski definition) is 3. The molecule has 2 aromatic carbocycles. The molecule has 5 nitrogen and oxygen atoms in total. The molecule has 0 saturated heterocycles. The number of aromatic carboxylic acids is 1. The smallest absolute Gasteiger partial charge is 0.335 e. The summed E-state index contributed by atoms with van der Waals surface area (Å²) in [6.45, 7) is 2.73. The number of nitrogens with zero attached hydrogens (tertiary/aromatic N) is 1. The number of carboxylic acids is 1. The second kappa shape index (κ2) is 5.83. The van der Waals surface area contributed by atoms with Crippen molar-refractivity contribution in [1.29, 1.82) is 0 Å². The zero-order valence-corrected chi connectivity index (χ0v) is 15.1. The number of phenolic OH excluding ortho intramolecular Hbond substituents is 1. The summed E-state index contributed by atoms with van der Waals surface area (Å²) < 4.78 is 0. The van der Waals surface area contributed by atoms with Gasteiger partial charge >= 0.3 is 5.97 Å². The minimum absolute atomic E-state index is 0.167. The minimum atomic E-state index is -0.902. The van der Waals surface area contributed by atoms with E-state index in [4.69, 9.17) is 5.73 Å². The summed E-state index contributed by atoms with van der Waals surface area (Å²) >= 11 is 0. The van der Waals surface area contributed by atoms with Crippen LogP contribution in [-0.4, -0.2) is 40.3 Å². The molecule has 2 aliphatic rings. The topological polar surface area (TPSA) is 86.8 Å². The van der Waals surface area contributed by atoms with Crippen LogP contribution in [0.1, 0.15) is 50.5 Å². The third-order valence-corrected chi connectivity index (χ3v) is 6.23. The summed E-state index contributed by atoms with van der Waals surface area (Å²) in [4.78, 5) is 13.9. The fourth-order valence-electron chi connectivity index (χ4n) is 4.70. The molecule has 4 N–H and O–H groups in total. The lowest BCUT2D eigenvalue weighted by Crippen LogP contribution is -2.60. The average molecular weight is 352 g/mol. The molecule has 2 atom stereocenters. The first-order valence-electron chi connectivity index (χ1n) is 9.00. The van der Waals surface area contributed by atoms with Crippen LogP contribution in [0.2, 0.25) is 0 Å². The largest absolute Gasteiger partial charge is 0.508 e. The van der Waals surface area contributed by atoms with E-state index in [1.165, 1.54) is 5.56 Å². The van der Waals surface area contributed by atoms with Gasteiger partial charge in [0.1, 0.15) is 5.75 Å². The van der Waals surface area contributed by atoms with Crippen LogP contribution in [0.5, 0.6) is 5.75 Å². The van der Waals surface area contributed by atoms with E-state index in [2.05, 4.69) is 4.90 Å². The first kappa shape index (κ1) is 17.1. The normalized spacial score (nSPS) is 25.0. The molecule has 0 spiro atoms. The van der Waals surface area contributed by atoms with Crippen LogP contribution >= 0.6 is 0 Å². The highest BCUT2D eigenvalue weighted by Gasteiger charge is 2.47. The fraction of sp³-hybridized carbons (Fsp3) is 0.381. The second-order valence-corrected chi connectivity index (χ2v) is 7.61. The van der Waals surface area contributed by atoms with Crippen molar-refractivity contribution in [2.24, 2.45) is 5.73 Å². The molecular formula is C21H24N2O3. The number of hydrogen-bond acceptors (Lipinski definition) is 4. The van der Waals surface area contributed by atoms with Crippen molar-refractivity contribution in [2.75, 3.05) is 13.6 Å². The summed E-state index contributed by atoms with van der Waals surface area (Å²) in [5, 5.41) is 20.0. The van der Waals surface area contributed by atoms with E-state index in [9.17, 15) is 15.0 Å². The fourth-order valence-corrected chi connectivity index (χ4v) is 4.70. The number of carboxylic acid groups (broad SMARTS) is 1. The van der Waals surface area contributed by atoms with E-state index in [0.29, 0.717) is 18.4 Å². The molecule has 0 fully saturated rings. The number of aromatic hydroxyl groups is 1. The Labute approximate surface area is 153 Å². The highest BCUT2D eigenvalue weighted by Crippen LogP contribution is 2.48. The van der Waals surface area contributed by atoms with Crippen molar-refractivity contribution < 1.29 is 15.0 Å². The summed E-state index contributed by atoms with van der Waals surface area (Å²) in [6, 6.07) is 9.33. The molecule has 136 valence electrons. The van der Waals surface area contributed by atoms with Crippen molar-refractivity contribution in [2.45, 2.75) is 37.8 Å². The molecule has 1 aliphatic carbocycles. The molecule has 1 aliphatic heterocycles. The molecule has 1 heterocycles. The van der Waals surface area contributed by atoms with Crippen molar-refractivity contribution >= 4 is 5.97 Å². The van der Waals surface area contributed by atoms with E-state index < -0.39 is 11.6 Å². The summed E-state index contributed by atoms with van der Waals surface area (Å²) in [7, 11) is 2.04. The van der Waals surface area contributed by atoms with Crippen LogP contribution in [0.25, 0.3) is 0 Å². The molecule has 0 saturated carbocycles. The number of rotatable bonds is 1. The molecule has 4 rings (SSSR count). The number of nitrogens with two attached hydrogens (primary N) is 1. The predicted molar refractivity (Wildman–Crippen MR) is 99.7 cm³/mol. The lowest BCUT2D eigenvalue weighted by Gasteiger charge is -2.47. The lowest BCUT2D eigenvalue weighted by atomic mass is 9.69. The van der Waals surface area contributed by atoms with Gasteiger partial charge in [-0.2, -0.15) is 0 Å². The Morgan fingerprint density at radius 1 is 1.27 bits per heavy atom. The van der Waals surface area contributed by atoms with Crippen molar-refractivity contribution in [3.8, 4) is 5.75 Å². The van der Waals surface area contributed by atoms with E-state index in [-0.39, 0.29) is 11.7 Å². The minimum Gasteiger partial charge on any atom is -0.508 e. The Bertz CT molecular complexity index is 908. The van der Waals surface area contributed by atoms with Crippen LogP contribution < -0.4 is 5.73 Å². The number of phenols is 1. The van der Waals surface area contributed by atoms with Crippen LogP contribution in [0.3, 0.4) is 0 Å². The third kappa shape index (κ3) is 2.35. The van der Waals surface area contributed by atoms with E-state index in [1.807, 2.05) is 32.2 Å². The predicted octanol–water partition coefficient (Wildman–Crippen LogP) is 2.62. The van der Waals surface area contributed by atoms with Crippen molar-refractivity contribution in [3.05, 3.63) is 63.7 Å². The Balaban J connectivity index is 2.01. The summed E-state index contributed by atoms with van der Waals surface area (Å²) in [5.41, 5.74) is 11.6. The SMILES string of the molecule is Cc1cc2c(cc1O)C1c3cccc(C(=O)O)c3CC[C@]1(N)N(C)CC2. The van der Waals surface area contributed by atoms with Gasteiger partial charge in [0.2, 0.25) is 0 Å². The van der Waals surface area contributed by atoms with Gasteiger partial charge < -0.3 is 15.9 Å². The van der Waals surface area contributed by atoms with Crippen LogP contribution in [0.4, 0.5) is 0 Å². The molecule has 0 radical (unpaired) electrons. The first-order valence-corrected chi connectivity index (χ1v) is 9.00. The van der Waals surface area contributed by atoms with Gasteiger partial charge in [0.15, 0.2) is 0 Å². The maximum absolute atomic E-state index is 11.7. The highest BCUT2D eigenvalue weighted by molar-refractivity contribution is 5.90. The van der Waals surface area contributed by atoms with Gasteiger partial charge in [-0.25, -0.2) is 4.79 Å². The molecule has 0 amide bonds. The van der Waals surface area contributed by atoms with E-state index in [1.54, 1.807) is 12.1 Å². The van der Waals surface area contributed by atoms with Crippen LogP contribution in [0, 0.1) is 6.92 Å². The van der Waals surface area contributed by atoms with Gasteiger partial charge in [0, 0.05) is 12.5 Å². The Morgan fingerprint density at radius 2 is 2.04 bits per heavy atom. The zero-order chi connectivity index (χ0) is 18.6. The number of likely N-dealkylation sites (N-methyl/N-ethyl adjacent to an activating group) is 1. The standard InChI is InChI=1S/C21H24N2O3/c1-12-10-13-7-9-23(2)21(22)8-6-14-15(4-3-5-16(14)20(25)26)19(21)17(13)11-18(12)24/h3-5,10-11,19,24H,6-9,22H2,1-2H3,(H,25,26)/t19?,21-/m0/s1.